The number of aryl methyl sites for hydroxylation is 1. The number of pyridine rings is 2. The van der Waals surface area contributed by atoms with E-state index in [0.717, 1.165) is 58.5 Å². The Morgan fingerprint density at radius 1 is 0.847 bits per heavy atom. The molecule has 1 aliphatic carbocycles. The number of piperidine rings is 1. The summed E-state index contributed by atoms with van der Waals surface area (Å²) in [5.74, 6) is -2.04. The highest BCUT2D eigenvalue weighted by Gasteiger charge is 2.45. The Balaban J connectivity index is 0.844. The highest BCUT2D eigenvalue weighted by Crippen LogP contribution is 2.33. The van der Waals surface area contributed by atoms with Crippen LogP contribution < -0.4 is 36.5 Å². The van der Waals surface area contributed by atoms with E-state index in [9.17, 15) is 33.6 Å². The number of ether oxygens (including phenoxy) is 2. The van der Waals surface area contributed by atoms with Crippen LogP contribution >= 0.6 is 0 Å². The van der Waals surface area contributed by atoms with Crippen molar-refractivity contribution >= 4 is 47.1 Å². The van der Waals surface area contributed by atoms with E-state index < -0.39 is 46.7 Å². The molecule has 18 nitrogen and oxygen atoms in total. The van der Waals surface area contributed by atoms with Gasteiger partial charge in [-0.1, -0.05) is 36.4 Å². The van der Waals surface area contributed by atoms with E-state index in [2.05, 4.69) is 32.3 Å². The van der Waals surface area contributed by atoms with Crippen molar-refractivity contribution in [3.8, 4) is 22.9 Å². The normalized spacial score (nSPS) is 17.9. The number of aromatic nitrogens is 2. The summed E-state index contributed by atoms with van der Waals surface area (Å²) < 4.78 is 13.6. The van der Waals surface area contributed by atoms with Gasteiger partial charge in [-0.15, -0.1) is 0 Å². The molecular weight excluding hydrogens is 919 g/mol. The van der Waals surface area contributed by atoms with Crippen LogP contribution in [0, 0.1) is 11.3 Å². The average molecular weight is 976 g/mol. The minimum atomic E-state index is -1.10. The Labute approximate surface area is 416 Å². The zero-order valence-electron chi connectivity index (χ0n) is 40.8. The number of fused-ring (bicyclic) bond motifs is 1. The Hall–Kier alpha value is -8.17. The molecular formula is C54H57N9O9. The number of nitriles is 1. The van der Waals surface area contributed by atoms with Crippen molar-refractivity contribution < 1.29 is 38.2 Å². The number of nitrogens with one attached hydrogen (secondary N) is 4. The maximum Gasteiger partial charge on any atom is 0.322 e. The summed E-state index contributed by atoms with van der Waals surface area (Å²) >= 11 is 0. The summed E-state index contributed by atoms with van der Waals surface area (Å²) in [5.41, 5.74) is 3.27. The Morgan fingerprint density at radius 3 is 2.22 bits per heavy atom. The molecule has 3 aromatic carbocycles. The fourth-order valence-corrected chi connectivity index (χ4v) is 9.18. The first-order chi connectivity index (χ1) is 34.4. The lowest BCUT2D eigenvalue weighted by Crippen LogP contribution is -2.54. The molecule has 0 radical (unpaired) electrons. The monoisotopic (exact) mass is 975 g/mol. The first-order valence-electron chi connectivity index (χ1n) is 23.9. The molecule has 0 spiro atoms. The number of benzene rings is 3. The molecule has 72 heavy (non-hydrogen) atoms. The maximum absolute atomic E-state index is 14.2. The van der Waals surface area contributed by atoms with Crippen LogP contribution in [0.5, 0.6) is 5.75 Å². The number of imide groups is 2. The van der Waals surface area contributed by atoms with Gasteiger partial charge in [0.1, 0.15) is 23.7 Å². The number of hydrogen-bond acceptors (Lipinski definition) is 12. The van der Waals surface area contributed by atoms with E-state index >= 15 is 0 Å². The van der Waals surface area contributed by atoms with Gasteiger partial charge in [-0.3, -0.25) is 43.9 Å². The van der Waals surface area contributed by atoms with Crippen LogP contribution in [0.2, 0.25) is 0 Å². The first kappa shape index (κ1) is 50.2. The molecule has 2 aromatic heterocycles. The van der Waals surface area contributed by atoms with Gasteiger partial charge in [0.25, 0.3) is 17.7 Å². The lowest BCUT2D eigenvalue weighted by Gasteiger charge is -2.37. The van der Waals surface area contributed by atoms with Crippen molar-refractivity contribution in [3.63, 3.8) is 0 Å². The number of rotatable bonds is 16. The van der Waals surface area contributed by atoms with Gasteiger partial charge in [0.15, 0.2) is 6.61 Å². The average Bonchev–Trinajstić information content (AvgIpc) is 3.61. The Morgan fingerprint density at radius 2 is 1.56 bits per heavy atom. The van der Waals surface area contributed by atoms with E-state index in [4.69, 9.17) is 14.7 Å². The predicted octanol–water partition coefficient (Wildman–Crippen LogP) is 6.09. The number of urea groups is 1. The van der Waals surface area contributed by atoms with Gasteiger partial charge in [0, 0.05) is 56.2 Å². The van der Waals surface area contributed by atoms with Crippen LogP contribution in [-0.4, -0.2) is 86.9 Å². The molecule has 1 unspecified atom stereocenters. The van der Waals surface area contributed by atoms with E-state index in [1.54, 1.807) is 37.6 Å². The highest BCUT2D eigenvalue weighted by atomic mass is 16.5. The summed E-state index contributed by atoms with van der Waals surface area (Å²) in [4.78, 5) is 96.8. The smallest absolute Gasteiger partial charge is 0.322 e. The fourth-order valence-electron chi connectivity index (χ4n) is 9.18. The van der Waals surface area contributed by atoms with E-state index in [1.807, 2.05) is 81.1 Å². The summed E-state index contributed by atoms with van der Waals surface area (Å²) in [5, 5.41) is 20.9. The standard InChI is InChI=1S/C54H57N9O9/c1-53(2,60-47(65)31-71-41-20-21-42-43(26-41)51(69)63(50(42)68)44-22-24-46(64)59-49(44)67)32-72-54(3,4)37-12-6-33(7-13-37)28-57-52(70)62(39-16-9-35(10-17-39)36-11-25-48(66)61(5)30-36)40-18-14-38(15-19-40)58-45-23-8-34(27-55)29-56-45/h6-13,16-17,20-21,23,25-26,29-30,38,40,44H,14-15,18-19,22,24,28,31-32H2,1-5H3,(H,56,58)(H,57,70)(H,60,65)(H,59,64,67). The van der Waals surface area contributed by atoms with Gasteiger partial charge in [0.2, 0.25) is 17.4 Å². The summed E-state index contributed by atoms with van der Waals surface area (Å²) in [6, 6.07) is 27.6. The third kappa shape index (κ3) is 11.5. The molecule has 8 rings (SSSR count). The summed E-state index contributed by atoms with van der Waals surface area (Å²) in [6.07, 6.45) is 6.51. The van der Waals surface area contributed by atoms with Crippen LogP contribution in [0.1, 0.15) is 104 Å². The summed E-state index contributed by atoms with van der Waals surface area (Å²) in [6.45, 7) is 7.52. The minimum absolute atomic E-state index is 0.00811. The topological polar surface area (TPSA) is 234 Å². The molecule has 5 aromatic rings. The lowest BCUT2D eigenvalue weighted by atomic mass is 9.89. The zero-order valence-corrected chi connectivity index (χ0v) is 40.8. The largest absolute Gasteiger partial charge is 0.484 e. The maximum atomic E-state index is 14.2. The molecule has 4 N–H and O–H groups in total. The van der Waals surface area contributed by atoms with Crippen molar-refractivity contribution in [1.82, 2.24) is 30.4 Å². The van der Waals surface area contributed by atoms with Crippen molar-refractivity contribution in [1.29, 1.82) is 5.26 Å². The van der Waals surface area contributed by atoms with Crippen molar-refractivity contribution in [3.05, 3.63) is 142 Å². The number of amides is 7. The molecule has 1 saturated carbocycles. The van der Waals surface area contributed by atoms with Crippen LogP contribution in [0.15, 0.2) is 108 Å². The predicted molar refractivity (Wildman–Crippen MR) is 267 cm³/mol. The molecule has 7 amide bonds. The Bertz CT molecular complexity index is 2990. The first-order valence-corrected chi connectivity index (χ1v) is 23.9. The van der Waals surface area contributed by atoms with Gasteiger partial charge in [-0.05, 0) is 131 Å². The molecule has 18 heteroatoms. The third-order valence-electron chi connectivity index (χ3n) is 13.2. The van der Waals surface area contributed by atoms with Gasteiger partial charge in [-0.2, -0.15) is 5.26 Å². The molecule has 1 saturated heterocycles. The van der Waals surface area contributed by atoms with Crippen molar-refractivity contribution in [2.75, 3.05) is 23.4 Å². The fraction of sp³-hybridized carbons (Fsp3) is 0.352. The van der Waals surface area contributed by atoms with Gasteiger partial charge < -0.3 is 30.0 Å². The van der Waals surface area contributed by atoms with Crippen molar-refractivity contribution in [2.45, 2.75) is 102 Å². The quantitative estimate of drug-likeness (QED) is 0.0824. The van der Waals surface area contributed by atoms with Crippen LogP contribution in [0.25, 0.3) is 11.1 Å². The number of anilines is 2. The Kier molecular flexibility index (Phi) is 14.7. The van der Waals surface area contributed by atoms with Gasteiger partial charge in [-0.25, -0.2) is 9.78 Å². The molecule has 0 bridgehead atoms. The third-order valence-corrected chi connectivity index (χ3v) is 13.2. The molecule has 3 aliphatic rings. The highest BCUT2D eigenvalue weighted by molar-refractivity contribution is 6.23. The lowest BCUT2D eigenvalue weighted by molar-refractivity contribution is -0.136. The second-order valence-corrected chi connectivity index (χ2v) is 19.5. The van der Waals surface area contributed by atoms with E-state index in [1.165, 1.54) is 28.8 Å². The van der Waals surface area contributed by atoms with Gasteiger partial charge in [0.05, 0.1) is 34.4 Å². The number of nitrogens with zero attached hydrogens (tertiary/aromatic N) is 5. The minimum Gasteiger partial charge on any atom is -0.484 e. The number of hydrogen-bond donors (Lipinski definition) is 4. The van der Waals surface area contributed by atoms with Gasteiger partial charge >= 0.3 is 6.03 Å². The van der Waals surface area contributed by atoms with Crippen LogP contribution in [0.3, 0.4) is 0 Å². The zero-order chi connectivity index (χ0) is 51.3. The molecule has 2 aliphatic heterocycles. The van der Waals surface area contributed by atoms with E-state index in [0.29, 0.717) is 11.4 Å². The van der Waals surface area contributed by atoms with E-state index in [-0.39, 0.29) is 73.2 Å². The second-order valence-electron chi connectivity index (χ2n) is 19.5. The SMILES string of the molecule is Cn1cc(-c2ccc(N(C(=O)NCc3ccc(C(C)(C)OCC(C)(C)NC(=O)COc4ccc5c(c4)C(=O)N(C4CCC(=O)NC4=O)C5=O)cc3)C3CCC(Nc4ccc(C#N)cn4)CC3)cc2)ccc1=O. The molecule has 4 heterocycles. The second kappa shape index (κ2) is 21.0. The van der Waals surface area contributed by atoms with Crippen molar-refractivity contribution in [2.24, 2.45) is 7.05 Å². The number of carbonyl (C=O) groups is 6. The molecule has 1 atom stereocenters. The van der Waals surface area contributed by atoms with Crippen LogP contribution in [-0.2, 0) is 38.3 Å². The summed E-state index contributed by atoms with van der Waals surface area (Å²) in [7, 11) is 1.71. The molecule has 2 fully saturated rings. The molecule has 372 valence electrons. The number of carbonyl (C=O) groups excluding carboxylic acids is 6. The van der Waals surface area contributed by atoms with Crippen LogP contribution in [0.4, 0.5) is 16.3 Å².